The van der Waals surface area contributed by atoms with Crippen molar-refractivity contribution in [2.75, 3.05) is 0 Å². The van der Waals surface area contributed by atoms with Gasteiger partial charge in [0.15, 0.2) is 0 Å². The number of primary amides is 1. The zero-order chi connectivity index (χ0) is 12.1. The number of nitrogens with two attached hydrogens (primary N) is 1. The van der Waals surface area contributed by atoms with Crippen molar-refractivity contribution >= 4 is 11.7 Å². The van der Waals surface area contributed by atoms with E-state index in [-0.39, 0.29) is 11.9 Å². The first-order valence-electron chi connectivity index (χ1n) is 5.05. The van der Waals surface area contributed by atoms with Crippen LogP contribution in [0.5, 0.6) is 5.75 Å². The number of para-hydroxylation sites is 1. The van der Waals surface area contributed by atoms with Gasteiger partial charge >= 0.3 is 0 Å². The highest BCUT2D eigenvalue weighted by molar-refractivity contribution is 5.95. The van der Waals surface area contributed by atoms with E-state index in [4.69, 9.17) is 10.5 Å². The van der Waals surface area contributed by atoms with Gasteiger partial charge in [0.25, 0.3) is 5.91 Å². The second-order valence-electron chi connectivity index (χ2n) is 3.70. The predicted molar refractivity (Wildman–Crippen MR) is 60.3 cm³/mol. The zero-order valence-electron chi connectivity index (χ0n) is 9.40. The Kier molecular flexibility index (Phi) is 4.05. The van der Waals surface area contributed by atoms with Gasteiger partial charge in [0.2, 0.25) is 0 Å². The first-order chi connectivity index (χ1) is 7.50. The van der Waals surface area contributed by atoms with E-state index in [0.29, 0.717) is 17.7 Å². The lowest BCUT2D eigenvalue weighted by molar-refractivity contribution is -0.118. The summed E-state index contributed by atoms with van der Waals surface area (Å²) in [5, 5.41) is 0. The SMILES string of the molecule is CC(=O)CC(C)Oc1ccccc1C(N)=O. The van der Waals surface area contributed by atoms with Gasteiger partial charge < -0.3 is 10.5 Å². The molecule has 0 heterocycles. The van der Waals surface area contributed by atoms with Crippen molar-refractivity contribution in [1.29, 1.82) is 0 Å². The first-order valence-corrected chi connectivity index (χ1v) is 5.05. The minimum absolute atomic E-state index is 0.0454. The summed E-state index contributed by atoms with van der Waals surface area (Å²) in [7, 11) is 0. The molecule has 1 unspecified atom stereocenters. The molecule has 1 aromatic carbocycles. The van der Waals surface area contributed by atoms with E-state index in [0.717, 1.165) is 0 Å². The van der Waals surface area contributed by atoms with Gasteiger partial charge in [-0.25, -0.2) is 0 Å². The Bertz CT molecular complexity index is 401. The molecule has 4 heteroatoms. The molecular weight excluding hydrogens is 206 g/mol. The van der Waals surface area contributed by atoms with Crippen molar-refractivity contribution in [2.24, 2.45) is 5.73 Å². The number of rotatable bonds is 5. The lowest BCUT2D eigenvalue weighted by Crippen LogP contribution is -2.19. The van der Waals surface area contributed by atoms with Crippen molar-refractivity contribution in [3.05, 3.63) is 29.8 Å². The fraction of sp³-hybridized carbons (Fsp3) is 0.333. The maximum absolute atomic E-state index is 11.1. The Balaban J connectivity index is 2.80. The molecule has 1 rings (SSSR count). The molecule has 86 valence electrons. The molecule has 0 aromatic heterocycles. The molecule has 0 aliphatic carbocycles. The van der Waals surface area contributed by atoms with Crippen LogP contribution in [0.4, 0.5) is 0 Å². The van der Waals surface area contributed by atoms with Crippen molar-refractivity contribution in [3.8, 4) is 5.75 Å². The van der Waals surface area contributed by atoms with Gasteiger partial charge in [-0.15, -0.1) is 0 Å². The fourth-order valence-electron chi connectivity index (χ4n) is 1.44. The van der Waals surface area contributed by atoms with Crippen LogP contribution in [-0.4, -0.2) is 17.8 Å². The third-order valence-electron chi connectivity index (χ3n) is 2.06. The van der Waals surface area contributed by atoms with Crippen LogP contribution >= 0.6 is 0 Å². The summed E-state index contributed by atoms with van der Waals surface area (Å²) >= 11 is 0. The zero-order valence-corrected chi connectivity index (χ0v) is 9.40. The molecule has 0 spiro atoms. The molecule has 0 aliphatic rings. The van der Waals surface area contributed by atoms with Gasteiger partial charge in [0, 0.05) is 6.42 Å². The highest BCUT2D eigenvalue weighted by atomic mass is 16.5. The number of benzene rings is 1. The maximum atomic E-state index is 11.1. The Labute approximate surface area is 94.4 Å². The largest absolute Gasteiger partial charge is 0.489 e. The Morgan fingerprint density at radius 3 is 2.56 bits per heavy atom. The number of ketones is 1. The number of ether oxygens (including phenoxy) is 1. The van der Waals surface area contributed by atoms with E-state index >= 15 is 0 Å². The number of hydrogen-bond acceptors (Lipinski definition) is 3. The summed E-state index contributed by atoms with van der Waals surface area (Å²) in [5.74, 6) is -0.0709. The molecule has 1 atom stereocenters. The predicted octanol–water partition coefficient (Wildman–Crippen LogP) is 1.53. The lowest BCUT2D eigenvalue weighted by Gasteiger charge is -2.15. The quantitative estimate of drug-likeness (QED) is 0.819. The monoisotopic (exact) mass is 221 g/mol. The van der Waals surface area contributed by atoms with Crippen LogP contribution in [0.15, 0.2) is 24.3 Å². The third-order valence-corrected chi connectivity index (χ3v) is 2.06. The summed E-state index contributed by atoms with van der Waals surface area (Å²) < 4.78 is 5.50. The van der Waals surface area contributed by atoms with Gasteiger partial charge in [-0.05, 0) is 26.0 Å². The van der Waals surface area contributed by atoms with Gasteiger partial charge in [-0.3, -0.25) is 9.59 Å². The van der Waals surface area contributed by atoms with Crippen molar-refractivity contribution < 1.29 is 14.3 Å². The molecule has 0 bridgehead atoms. The molecule has 0 aliphatic heterocycles. The van der Waals surface area contributed by atoms with Gasteiger partial charge in [-0.2, -0.15) is 0 Å². The van der Waals surface area contributed by atoms with E-state index in [2.05, 4.69) is 0 Å². The third kappa shape index (κ3) is 3.38. The van der Waals surface area contributed by atoms with Crippen LogP contribution in [-0.2, 0) is 4.79 Å². The number of carbonyl (C=O) groups is 2. The highest BCUT2D eigenvalue weighted by Crippen LogP contribution is 2.19. The summed E-state index contributed by atoms with van der Waals surface area (Å²) in [6.07, 6.45) is 0.0469. The molecular formula is C12H15NO3. The van der Waals surface area contributed by atoms with Gasteiger partial charge in [0.05, 0.1) is 5.56 Å². The van der Waals surface area contributed by atoms with Crippen LogP contribution in [0.3, 0.4) is 0 Å². The second-order valence-corrected chi connectivity index (χ2v) is 3.70. The Morgan fingerprint density at radius 1 is 1.38 bits per heavy atom. The second kappa shape index (κ2) is 5.30. The molecule has 0 saturated heterocycles. The lowest BCUT2D eigenvalue weighted by atomic mass is 10.1. The summed E-state index contributed by atoms with van der Waals surface area (Å²) in [5.41, 5.74) is 5.54. The number of hydrogen-bond donors (Lipinski definition) is 1. The van der Waals surface area contributed by atoms with Crippen LogP contribution in [0.1, 0.15) is 30.6 Å². The standard InChI is InChI=1S/C12H15NO3/c1-8(14)7-9(2)16-11-6-4-3-5-10(11)12(13)15/h3-6,9H,7H2,1-2H3,(H2,13,15). The van der Waals surface area contributed by atoms with E-state index in [9.17, 15) is 9.59 Å². The van der Waals surface area contributed by atoms with Gasteiger partial charge in [0.1, 0.15) is 17.6 Å². The Hall–Kier alpha value is -1.84. The normalized spacial score (nSPS) is 11.9. The first kappa shape index (κ1) is 12.2. The summed E-state index contributed by atoms with van der Waals surface area (Å²) in [6.45, 7) is 3.28. The average molecular weight is 221 g/mol. The van der Waals surface area contributed by atoms with Crippen molar-refractivity contribution in [3.63, 3.8) is 0 Å². The summed E-state index contributed by atoms with van der Waals surface area (Å²) in [6, 6.07) is 6.72. The number of amides is 1. The molecule has 0 radical (unpaired) electrons. The smallest absolute Gasteiger partial charge is 0.252 e. The van der Waals surface area contributed by atoms with E-state index in [1.165, 1.54) is 6.92 Å². The fourth-order valence-corrected chi connectivity index (χ4v) is 1.44. The van der Waals surface area contributed by atoms with Crippen molar-refractivity contribution in [1.82, 2.24) is 0 Å². The number of carbonyl (C=O) groups excluding carboxylic acids is 2. The molecule has 16 heavy (non-hydrogen) atoms. The molecule has 1 aromatic rings. The van der Waals surface area contributed by atoms with E-state index in [1.54, 1.807) is 31.2 Å². The summed E-state index contributed by atoms with van der Waals surface area (Å²) in [4.78, 5) is 22.0. The van der Waals surface area contributed by atoms with Crippen LogP contribution in [0.2, 0.25) is 0 Å². The number of Topliss-reactive ketones (excluding diaryl/α,β-unsaturated/α-hetero) is 1. The maximum Gasteiger partial charge on any atom is 0.252 e. The van der Waals surface area contributed by atoms with Crippen LogP contribution < -0.4 is 10.5 Å². The molecule has 0 saturated carbocycles. The van der Waals surface area contributed by atoms with Gasteiger partial charge in [-0.1, -0.05) is 12.1 Å². The topological polar surface area (TPSA) is 69.4 Å². The van der Waals surface area contributed by atoms with Crippen molar-refractivity contribution in [2.45, 2.75) is 26.4 Å². The molecule has 2 N–H and O–H groups in total. The van der Waals surface area contributed by atoms with Crippen LogP contribution in [0, 0.1) is 0 Å². The molecule has 1 amide bonds. The molecule has 4 nitrogen and oxygen atoms in total. The minimum atomic E-state index is -0.536. The molecule has 0 fully saturated rings. The van der Waals surface area contributed by atoms with E-state index < -0.39 is 5.91 Å². The van der Waals surface area contributed by atoms with E-state index in [1.807, 2.05) is 0 Å². The Morgan fingerprint density at radius 2 is 2.00 bits per heavy atom. The van der Waals surface area contributed by atoms with Crippen LogP contribution in [0.25, 0.3) is 0 Å². The highest BCUT2D eigenvalue weighted by Gasteiger charge is 2.12. The minimum Gasteiger partial charge on any atom is -0.489 e. The average Bonchev–Trinajstić information content (AvgIpc) is 2.16.